The van der Waals surface area contributed by atoms with Gasteiger partial charge in [0.1, 0.15) is 17.5 Å². The van der Waals surface area contributed by atoms with E-state index in [1.807, 2.05) is 6.92 Å². The van der Waals surface area contributed by atoms with Crippen LogP contribution in [0.1, 0.15) is 20.3 Å². The van der Waals surface area contributed by atoms with Gasteiger partial charge in [-0.3, -0.25) is 4.79 Å². The van der Waals surface area contributed by atoms with Crippen LogP contribution in [0.2, 0.25) is 0 Å². The number of anilines is 1. The minimum atomic E-state index is -0.716. The van der Waals surface area contributed by atoms with Gasteiger partial charge < -0.3 is 15.4 Å². The predicted octanol–water partition coefficient (Wildman–Crippen LogP) is 1.31. The Bertz CT molecular complexity index is 449. The molecule has 6 heteroatoms. The van der Waals surface area contributed by atoms with Crippen molar-refractivity contribution >= 4 is 11.6 Å². The zero-order chi connectivity index (χ0) is 13.1. The lowest BCUT2D eigenvalue weighted by Gasteiger charge is -2.33. The molecule has 18 heavy (non-hydrogen) atoms. The fourth-order valence-electron chi connectivity index (χ4n) is 1.78. The van der Waals surface area contributed by atoms with Gasteiger partial charge in [-0.15, -0.1) is 0 Å². The van der Waals surface area contributed by atoms with Gasteiger partial charge in [0.25, 0.3) is 0 Å². The summed E-state index contributed by atoms with van der Waals surface area (Å²) in [7, 11) is 0. The van der Waals surface area contributed by atoms with Crippen LogP contribution in [0.25, 0.3) is 0 Å². The number of aromatic nitrogens is 1. The molecule has 0 saturated carbocycles. The quantitative estimate of drug-likeness (QED) is 0.794. The van der Waals surface area contributed by atoms with E-state index in [2.05, 4.69) is 15.6 Å². The number of halogens is 1. The third-order valence-corrected chi connectivity index (χ3v) is 2.88. The Kier molecular flexibility index (Phi) is 3.76. The zero-order valence-corrected chi connectivity index (χ0v) is 10.4. The third kappa shape index (κ3) is 2.95. The summed E-state index contributed by atoms with van der Waals surface area (Å²) in [5.74, 6) is -0.616. The predicted molar refractivity (Wildman–Crippen MR) is 65.0 cm³/mol. The first kappa shape index (κ1) is 12.8. The second kappa shape index (κ2) is 5.30. The van der Waals surface area contributed by atoms with E-state index in [1.54, 1.807) is 0 Å². The maximum Gasteiger partial charge on any atom is 0.236 e. The minimum Gasteiger partial charge on any atom is -0.487 e. The number of amides is 1. The summed E-state index contributed by atoms with van der Waals surface area (Å²) < 4.78 is 19.0. The minimum absolute atomic E-state index is 0.0174. The molecular weight excluding hydrogens is 237 g/mol. The van der Waals surface area contributed by atoms with Crippen LogP contribution in [0.4, 0.5) is 10.1 Å². The average Bonchev–Trinajstić information content (AvgIpc) is 2.19. The van der Waals surface area contributed by atoms with E-state index >= 15 is 0 Å². The van der Waals surface area contributed by atoms with Crippen molar-refractivity contribution < 1.29 is 13.9 Å². The van der Waals surface area contributed by atoms with Crippen LogP contribution in [-0.2, 0) is 4.79 Å². The van der Waals surface area contributed by atoms with Gasteiger partial charge in [0.05, 0.1) is 6.20 Å². The molecule has 0 bridgehead atoms. The fraction of sp³-hybridized carbons (Fsp3) is 0.500. The Morgan fingerprint density at radius 1 is 1.72 bits per heavy atom. The number of hydrogen-bond acceptors (Lipinski definition) is 4. The highest BCUT2D eigenvalue weighted by Crippen LogP contribution is 2.21. The standard InChI is InChI=1S/C12H16FN3O2/c1-7(10-3-4-14-10)18-9-5-11(16-8(2)17)12(13)15-6-9/h5-7,10,14H,3-4H2,1-2H3,(H,16,17)/t7?,10-/m1/s1. The van der Waals surface area contributed by atoms with E-state index in [-0.39, 0.29) is 17.7 Å². The molecular formula is C12H16FN3O2. The summed E-state index contributed by atoms with van der Waals surface area (Å²) in [6.07, 6.45) is 2.36. The van der Waals surface area contributed by atoms with Crippen LogP contribution in [-0.4, -0.2) is 29.6 Å². The number of hydrogen-bond donors (Lipinski definition) is 2. The van der Waals surface area contributed by atoms with E-state index < -0.39 is 5.95 Å². The van der Waals surface area contributed by atoms with Crippen LogP contribution in [0.5, 0.6) is 5.75 Å². The first-order valence-corrected chi connectivity index (χ1v) is 5.89. The Morgan fingerprint density at radius 3 is 3.00 bits per heavy atom. The van der Waals surface area contributed by atoms with Crippen molar-refractivity contribution in [2.75, 3.05) is 11.9 Å². The summed E-state index contributed by atoms with van der Waals surface area (Å²) in [6, 6.07) is 1.76. The molecule has 2 rings (SSSR count). The number of ether oxygens (including phenoxy) is 1. The summed E-state index contributed by atoms with van der Waals surface area (Å²) in [6.45, 7) is 4.25. The van der Waals surface area contributed by atoms with E-state index in [9.17, 15) is 9.18 Å². The van der Waals surface area contributed by atoms with Crippen molar-refractivity contribution in [3.63, 3.8) is 0 Å². The lowest BCUT2D eigenvalue weighted by Crippen LogP contribution is -2.51. The second-order valence-electron chi connectivity index (χ2n) is 4.36. The van der Waals surface area contributed by atoms with E-state index in [4.69, 9.17) is 4.74 Å². The van der Waals surface area contributed by atoms with E-state index in [0.29, 0.717) is 11.8 Å². The van der Waals surface area contributed by atoms with Gasteiger partial charge in [-0.25, -0.2) is 4.98 Å². The first-order chi connectivity index (χ1) is 8.56. The molecule has 2 heterocycles. The lowest BCUT2D eigenvalue weighted by molar-refractivity contribution is -0.114. The number of pyridine rings is 1. The fourth-order valence-corrected chi connectivity index (χ4v) is 1.78. The molecule has 2 atom stereocenters. The maximum atomic E-state index is 13.3. The van der Waals surface area contributed by atoms with Gasteiger partial charge in [0.15, 0.2) is 0 Å². The van der Waals surface area contributed by atoms with Crippen LogP contribution in [0, 0.1) is 5.95 Å². The monoisotopic (exact) mass is 253 g/mol. The van der Waals surface area contributed by atoms with Gasteiger partial charge in [-0.05, 0) is 19.9 Å². The molecule has 0 radical (unpaired) electrons. The Morgan fingerprint density at radius 2 is 2.44 bits per heavy atom. The van der Waals surface area contributed by atoms with Crippen LogP contribution < -0.4 is 15.4 Å². The first-order valence-electron chi connectivity index (χ1n) is 5.89. The van der Waals surface area contributed by atoms with Gasteiger partial charge in [0.2, 0.25) is 11.9 Å². The van der Waals surface area contributed by atoms with Gasteiger partial charge >= 0.3 is 0 Å². The van der Waals surface area contributed by atoms with Gasteiger partial charge in [-0.1, -0.05) is 0 Å². The number of nitrogens with one attached hydrogen (secondary N) is 2. The second-order valence-corrected chi connectivity index (χ2v) is 4.36. The highest BCUT2D eigenvalue weighted by Gasteiger charge is 2.24. The lowest BCUT2D eigenvalue weighted by atomic mass is 10.0. The van der Waals surface area contributed by atoms with E-state index in [1.165, 1.54) is 19.2 Å². The molecule has 1 aliphatic rings. The molecule has 1 saturated heterocycles. The van der Waals surface area contributed by atoms with Crippen molar-refractivity contribution in [3.05, 3.63) is 18.2 Å². The van der Waals surface area contributed by atoms with Crippen molar-refractivity contribution in [3.8, 4) is 5.75 Å². The highest BCUT2D eigenvalue weighted by atomic mass is 19.1. The van der Waals surface area contributed by atoms with Crippen molar-refractivity contribution in [2.24, 2.45) is 0 Å². The molecule has 0 spiro atoms. The third-order valence-electron chi connectivity index (χ3n) is 2.88. The van der Waals surface area contributed by atoms with Crippen LogP contribution in [0.3, 0.4) is 0 Å². The Balaban J connectivity index is 2.05. The summed E-state index contributed by atoms with van der Waals surface area (Å²) in [4.78, 5) is 14.5. The number of rotatable bonds is 4. The number of carbonyl (C=O) groups excluding carboxylic acids is 1. The number of nitrogens with zero attached hydrogens (tertiary/aromatic N) is 1. The van der Waals surface area contributed by atoms with Crippen LogP contribution in [0.15, 0.2) is 12.3 Å². The molecule has 0 aromatic carbocycles. The van der Waals surface area contributed by atoms with E-state index in [0.717, 1.165) is 13.0 Å². The summed E-state index contributed by atoms with van der Waals surface area (Å²) >= 11 is 0. The largest absolute Gasteiger partial charge is 0.487 e. The SMILES string of the molecule is CC(=O)Nc1cc(OC(C)[C@H]2CCN2)cnc1F. The molecule has 1 fully saturated rings. The molecule has 1 aliphatic heterocycles. The van der Waals surface area contributed by atoms with Crippen LogP contribution >= 0.6 is 0 Å². The molecule has 2 N–H and O–H groups in total. The molecule has 5 nitrogen and oxygen atoms in total. The highest BCUT2D eigenvalue weighted by molar-refractivity contribution is 5.88. The molecule has 98 valence electrons. The van der Waals surface area contributed by atoms with Gasteiger partial charge in [0, 0.05) is 19.0 Å². The molecule has 1 amide bonds. The Labute approximate surface area is 105 Å². The smallest absolute Gasteiger partial charge is 0.236 e. The molecule has 1 aromatic heterocycles. The zero-order valence-electron chi connectivity index (χ0n) is 10.4. The van der Waals surface area contributed by atoms with Crippen molar-refractivity contribution in [2.45, 2.75) is 32.4 Å². The average molecular weight is 253 g/mol. The normalized spacial score (nSPS) is 19.8. The molecule has 0 aliphatic carbocycles. The topological polar surface area (TPSA) is 63.2 Å². The maximum absolute atomic E-state index is 13.3. The Hall–Kier alpha value is -1.69. The summed E-state index contributed by atoms with van der Waals surface area (Å²) in [5, 5.41) is 5.61. The van der Waals surface area contributed by atoms with Crippen molar-refractivity contribution in [1.82, 2.24) is 10.3 Å². The van der Waals surface area contributed by atoms with Gasteiger partial charge in [-0.2, -0.15) is 4.39 Å². The molecule has 1 aromatic rings. The molecule has 1 unspecified atom stereocenters. The van der Waals surface area contributed by atoms with Crippen molar-refractivity contribution in [1.29, 1.82) is 0 Å². The summed E-state index contributed by atoms with van der Waals surface area (Å²) in [5.41, 5.74) is 0.0359. The number of carbonyl (C=O) groups is 1.